The molecule has 2 rings (SSSR count). The van der Waals surface area contributed by atoms with Gasteiger partial charge in [-0.25, -0.2) is 8.42 Å². The number of sulfone groups is 1. The maximum atomic E-state index is 11.2. The molecular weight excluding hydrogens is 447 g/mol. The Bertz CT molecular complexity index is 582. The Kier molecular flexibility index (Phi) is 8.62. The number of piperazine rings is 1. The van der Waals surface area contributed by atoms with Crippen LogP contribution in [0.5, 0.6) is 0 Å². The molecule has 132 valence electrons. The van der Waals surface area contributed by atoms with Gasteiger partial charge < -0.3 is 15.1 Å². The molecule has 0 saturated carbocycles. The van der Waals surface area contributed by atoms with Gasteiger partial charge in [-0.05, 0) is 24.4 Å². The number of anilines is 1. The first-order chi connectivity index (χ1) is 10.5. The van der Waals surface area contributed by atoms with Crippen molar-refractivity contribution in [3.63, 3.8) is 0 Å². The zero-order chi connectivity index (χ0) is 16.0. The molecule has 0 radical (unpaired) electrons. The number of thiophene rings is 1. The molecular formula is C14H25IN4O2S2. The predicted molar refractivity (Wildman–Crippen MR) is 109 cm³/mol. The lowest BCUT2D eigenvalue weighted by Gasteiger charge is -2.37. The zero-order valence-corrected chi connectivity index (χ0v) is 17.5. The van der Waals surface area contributed by atoms with E-state index < -0.39 is 9.84 Å². The summed E-state index contributed by atoms with van der Waals surface area (Å²) in [5, 5.41) is 6.65. The highest BCUT2D eigenvalue weighted by Crippen LogP contribution is 2.22. The molecule has 1 aromatic rings. The highest BCUT2D eigenvalue weighted by Gasteiger charge is 2.20. The molecule has 0 unspecified atom stereocenters. The summed E-state index contributed by atoms with van der Waals surface area (Å²) in [5.41, 5.74) is 0. The minimum Gasteiger partial charge on any atom is -0.360 e. The lowest BCUT2D eigenvalue weighted by molar-refractivity contribution is 0.374. The molecule has 23 heavy (non-hydrogen) atoms. The van der Waals surface area contributed by atoms with Gasteiger partial charge in [-0.2, -0.15) is 0 Å². The second kappa shape index (κ2) is 9.67. The van der Waals surface area contributed by atoms with Crippen LogP contribution >= 0.6 is 35.3 Å². The van der Waals surface area contributed by atoms with Crippen molar-refractivity contribution in [1.29, 1.82) is 0 Å². The van der Waals surface area contributed by atoms with Gasteiger partial charge >= 0.3 is 0 Å². The summed E-state index contributed by atoms with van der Waals surface area (Å²) < 4.78 is 22.4. The first-order valence-corrected chi connectivity index (χ1v) is 10.4. The minimum absolute atomic E-state index is 0. The lowest BCUT2D eigenvalue weighted by atomic mass is 10.3. The number of nitrogens with one attached hydrogen (secondary N) is 1. The van der Waals surface area contributed by atoms with Crippen LogP contribution in [0.3, 0.4) is 0 Å². The maximum Gasteiger partial charge on any atom is 0.194 e. The van der Waals surface area contributed by atoms with Crippen LogP contribution in [0, 0.1) is 0 Å². The summed E-state index contributed by atoms with van der Waals surface area (Å²) in [4.78, 5) is 9.03. The van der Waals surface area contributed by atoms with Crippen LogP contribution in [-0.2, 0) is 9.84 Å². The molecule has 1 aliphatic heterocycles. The van der Waals surface area contributed by atoms with Gasteiger partial charge in [0.25, 0.3) is 0 Å². The molecule has 0 aliphatic carbocycles. The van der Waals surface area contributed by atoms with Gasteiger partial charge in [0.2, 0.25) is 0 Å². The molecule has 1 N–H and O–H groups in total. The summed E-state index contributed by atoms with van der Waals surface area (Å²) >= 11 is 1.76. The molecule has 0 amide bonds. The Morgan fingerprint density at radius 2 is 2.04 bits per heavy atom. The third-order valence-corrected chi connectivity index (χ3v) is 5.31. The monoisotopic (exact) mass is 472 g/mol. The van der Waals surface area contributed by atoms with E-state index >= 15 is 0 Å². The summed E-state index contributed by atoms with van der Waals surface area (Å²) in [6.07, 6.45) is 1.25. The summed E-state index contributed by atoms with van der Waals surface area (Å²) in [5.74, 6) is 0.911. The maximum absolute atomic E-state index is 11.2. The SMILES string of the molecule is CCNC(=NCCS(C)(=O)=O)N1CCN(c2cccs2)CC1.I. The van der Waals surface area contributed by atoms with Crippen molar-refractivity contribution in [2.24, 2.45) is 4.99 Å². The number of nitrogens with zero attached hydrogens (tertiary/aromatic N) is 3. The first-order valence-electron chi connectivity index (χ1n) is 7.49. The zero-order valence-electron chi connectivity index (χ0n) is 13.6. The molecule has 6 nitrogen and oxygen atoms in total. The quantitative estimate of drug-likeness (QED) is 0.400. The molecule has 0 aromatic carbocycles. The van der Waals surface area contributed by atoms with E-state index in [1.165, 1.54) is 11.3 Å². The fraction of sp³-hybridized carbons (Fsp3) is 0.643. The van der Waals surface area contributed by atoms with Gasteiger partial charge in [-0.15, -0.1) is 35.3 Å². The summed E-state index contributed by atoms with van der Waals surface area (Å²) in [6, 6.07) is 4.22. The van der Waals surface area contributed by atoms with Crippen molar-refractivity contribution >= 4 is 56.1 Å². The van der Waals surface area contributed by atoms with Gasteiger partial charge in [-0.1, -0.05) is 0 Å². The predicted octanol–water partition coefficient (Wildman–Crippen LogP) is 1.50. The third kappa shape index (κ3) is 6.84. The summed E-state index contributed by atoms with van der Waals surface area (Å²) in [7, 11) is -2.96. The van der Waals surface area contributed by atoms with E-state index in [0.717, 1.165) is 38.7 Å². The molecule has 2 heterocycles. The molecule has 0 atom stereocenters. The number of aliphatic imine (C=N–C) groups is 1. The third-order valence-electron chi connectivity index (χ3n) is 3.46. The molecule has 1 fully saturated rings. The summed E-state index contributed by atoms with van der Waals surface area (Å²) in [6.45, 7) is 6.81. The largest absolute Gasteiger partial charge is 0.360 e. The Morgan fingerprint density at radius 3 is 2.57 bits per heavy atom. The van der Waals surface area contributed by atoms with E-state index in [1.807, 2.05) is 6.92 Å². The fourth-order valence-corrected chi connectivity index (χ4v) is 3.54. The van der Waals surface area contributed by atoms with E-state index in [2.05, 4.69) is 37.6 Å². The molecule has 9 heteroatoms. The number of guanidine groups is 1. The number of hydrogen-bond acceptors (Lipinski definition) is 5. The van der Waals surface area contributed by atoms with Gasteiger partial charge in [0.15, 0.2) is 5.96 Å². The number of rotatable bonds is 5. The highest BCUT2D eigenvalue weighted by atomic mass is 127. The van der Waals surface area contributed by atoms with Crippen LogP contribution in [0.1, 0.15) is 6.92 Å². The number of hydrogen-bond donors (Lipinski definition) is 1. The Morgan fingerprint density at radius 1 is 1.35 bits per heavy atom. The van der Waals surface area contributed by atoms with Crippen molar-refractivity contribution in [2.45, 2.75) is 6.92 Å². The second-order valence-electron chi connectivity index (χ2n) is 5.29. The lowest BCUT2D eigenvalue weighted by Crippen LogP contribution is -2.52. The van der Waals surface area contributed by atoms with E-state index in [0.29, 0.717) is 6.54 Å². The smallest absolute Gasteiger partial charge is 0.194 e. The van der Waals surface area contributed by atoms with E-state index in [9.17, 15) is 8.42 Å². The van der Waals surface area contributed by atoms with Crippen molar-refractivity contribution in [2.75, 3.05) is 56.2 Å². The average molecular weight is 472 g/mol. The minimum atomic E-state index is -2.96. The molecule has 1 aromatic heterocycles. The molecule has 0 spiro atoms. The van der Waals surface area contributed by atoms with Crippen LogP contribution in [0.15, 0.2) is 22.5 Å². The van der Waals surface area contributed by atoms with Crippen molar-refractivity contribution < 1.29 is 8.42 Å². The molecule has 1 aliphatic rings. The highest BCUT2D eigenvalue weighted by molar-refractivity contribution is 14.0. The van der Waals surface area contributed by atoms with Gasteiger partial charge in [0, 0.05) is 39.0 Å². The van der Waals surface area contributed by atoms with Crippen LogP contribution in [0.4, 0.5) is 5.00 Å². The van der Waals surface area contributed by atoms with Crippen LogP contribution in [0.2, 0.25) is 0 Å². The van der Waals surface area contributed by atoms with E-state index in [1.54, 1.807) is 11.3 Å². The second-order valence-corrected chi connectivity index (χ2v) is 8.48. The Balaban J connectivity index is 0.00000264. The van der Waals surface area contributed by atoms with Crippen LogP contribution in [0.25, 0.3) is 0 Å². The van der Waals surface area contributed by atoms with Crippen molar-refractivity contribution in [3.8, 4) is 0 Å². The first kappa shape index (κ1) is 20.5. The van der Waals surface area contributed by atoms with Crippen molar-refractivity contribution in [1.82, 2.24) is 10.2 Å². The number of halogens is 1. The van der Waals surface area contributed by atoms with Crippen LogP contribution in [-0.4, -0.2) is 70.6 Å². The van der Waals surface area contributed by atoms with E-state index in [-0.39, 0.29) is 29.7 Å². The van der Waals surface area contributed by atoms with Gasteiger partial charge in [0.05, 0.1) is 17.3 Å². The Hall–Kier alpha value is -0.550. The topological polar surface area (TPSA) is 65.0 Å². The van der Waals surface area contributed by atoms with Crippen LogP contribution < -0.4 is 10.2 Å². The standard InChI is InChI=1S/C14H24N4O2S2.HI/c1-3-15-14(16-6-12-22(2,19)20)18-9-7-17(8-10-18)13-5-4-11-21-13;/h4-5,11H,3,6-10,12H2,1-2H3,(H,15,16);1H. The fourth-order valence-electron chi connectivity index (χ4n) is 2.33. The normalized spacial score (nSPS) is 16.2. The molecule has 1 saturated heterocycles. The van der Waals surface area contributed by atoms with Crippen molar-refractivity contribution in [3.05, 3.63) is 17.5 Å². The molecule has 0 bridgehead atoms. The Labute approximate surface area is 159 Å². The van der Waals surface area contributed by atoms with E-state index in [4.69, 9.17) is 0 Å². The van der Waals surface area contributed by atoms with Gasteiger partial charge in [-0.3, -0.25) is 4.99 Å². The average Bonchev–Trinajstić information content (AvgIpc) is 2.99. The van der Waals surface area contributed by atoms with Gasteiger partial charge in [0.1, 0.15) is 9.84 Å².